The van der Waals surface area contributed by atoms with Crippen molar-refractivity contribution in [2.75, 3.05) is 38.8 Å². The molecule has 0 aliphatic carbocycles. The first-order valence-electron chi connectivity index (χ1n) is 8.93. The summed E-state index contributed by atoms with van der Waals surface area (Å²) in [4.78, 5) is 25.3. The number of hydrogen-bond acceptors (Lipinski definition) is 8. The third-order valence-electron chi connectivity index (χ3n) is 5.02. The topological polar surface area (TPSA) is 122 Å². The molecule has 9 nitrogen and oxygen atoms in total. The van der Waals surface area contributed by atoms with Gasteiger partial charge in [0.1, 0.15) is 0 Å². The maximum atomic E-state index is 13.2. The predicted molar refractivity (Wildman–Crippen MR) is 101 cm³/mol. The molecule has 28 heavy (non-hydrogen) atoms. The molecule has 2 N–H and O–H groups in total. The predicted octanol–water partition coefficient (Wildman–Crippen LogP) is 0.904. The molecule has 0 atom stereocenters. The number of benzene rings is 1. The van der Waals surface area contributed by atoms with Crippen molar-refractivity contribution >= 4 is 27.4 Å². The third-order valence-corrected chi connectivity index (χ3v) is 7.54. The number of methoxy groups -OCH3 is 1. The molecular weight excluding hydrogens is 388 g/mol. The summed E-state index contributed by atoms with van der Waals surface area (Å²) in [6.07, 6.45) is 0.838. The van der Waals surface area contributed by atoms with Crippen molar-refractivity contribution in [3.63, 3.8) is 0 Å². The average molecular weight is 414 g/mol. The summed E-state index contributed by atoms with van der Waals surface area (Å²) in [7, 11) is -0.867. The van der Waals surface area contributed by atoms with E-state index in [4.69, 9.17) is 9.94 Å². The van der Waals surface area contributed by atoms with E-state index in [1.165, 1.54) is 24.7 Å². The molecule has 2 rings (SSSR count). The zero-order valence-corrected chi connectivity index (χ0v) is 16.8. The zero-order valence-electron chi connectivity index (χ0n) is 16.0. The first kappa shape index (κ1) is 22.1. The van der Waals surface area contributed by atoms with Crippen LogP contribution >= 0.6 is 0 Å². The van der Waals surface area contributed by atoms with Crippen molar-refractivity contribution in [3.05, 3.63) is 24.3 Å². The van der Waals surface area contributed by atoms with E-state index in [0.29, 0.717) is 19.4 Å². The fraction of sp³-hybridized carbons (Fsp3) is 0.556. The molecule has 0 bridgehead atoms. The van der Waals surface area contributed by atoms with Crippen LogP contribution in [0, 0.1) is 0 Å². The van der Waals surface area contributed by atoms with Gasteiger partial charge in [-0.15, -0.1) is 0 Å². The smallest absolute Gasteiger partial charge is 0.305 e. The Morgan fingerprint density at radius 2 is 1.86 bits per heavy atom. The van der Waals surface area contributed by atoms with Gasteiger partial charge in [0.25, 0.3) is 5.91 Å². The van der Waals surface area contributed by atoms with E-state index < -0.39 is 20.5 Å². The highest BCUT2D eigenvalue weighted by Gasteiger charge is 2.52. The number of rotatable bonds is 8. The van der Waals surface area contributed by atoms with Gasteiger partial charge in [-0.2, -0.15) is 0 Å². The van der Waals surface area contributed by atoms with Gasteiger partial charge in [0.15, 0.2) is 14.6 Å². The summed E-state index contributed by atoms with van der Waals surface area (Å²) in [6, 6.07) is 6.19. The molecule has 0 aromatic heterocycles. The molecule has 0 saturated carbocycles. The Morgan fingerprint density at radius 3 is 2.39 bits per heavy atom. The van der Waals surface area contributed by atoms with Crippen LogP contribution < -0.4 is 10.4 Å². The number of hydroxylamine groups is 1. The summed E-state index contributed by atoms with van der Waals surface area (Å²) >= 11 is 0. The minimum Gasteiger partial charge on any atom is -0.469 e. The lowest BCUT2D eigenvalue weighted by Gasteiger charge is -2.34. The monoisotopic (exact) mass is 414 g/mol. The van der Waals surface area contributed by atoms with Gasteiger partial charge in [-0.05, 0) is 43.5 Å². The average Bonchev–Trinajstić information content (AvgIpc) is 2.73. The first-order chi connectivity index (χ1) is 13.3. The van der Waals surface area contributed by atoms with E-state index in [0.717, 1.165) is 5.69 Å². The van der Waals surface area contributed by atoms with Gasteiger partial charge in [-0.1, -0.05) is 0 Å². The fourth-order valence-electron chi connectivity index (χ4n) is 3.22. The summed E-state index contributed by atoms with van der Waals surface area (Å²) in [5.41, 5.74) is 2.27. The number of ether oxygens (including phenoxy) is 2. The number of sulfone groups is 1. The highest BCUT2D eigenvalue weighted by molar-refractivity contribution is 7.93. The van der Waals surface area contributed by atoms with E-state index in [1.807, 2.05) is 11.9 Å². The normalized spacial score (nSPS) is 16.2. The van der Waals surface area contributed by atoms with Crippen LogP contribution in [0.4, 0.5) is 5.69 Å². The van der Waals surface area contributed by atoms with Crippen molar-refractivity contribution in [3.8, 4) is 0 Å². The minimum atomic E-state index is -4.04. The van der Waals surface area contributed by atoms with E-state index in [1.54, 1.807) is 12.1 Å². The molecule has 10 heteroatoms. The highest BCUT2D eigenvalue weighted by Crippen LogP contribution is 2.35. The second-order valence-electron chi connectivity index (χ2n) is 6.65. The zero-order chi connectivity index (χ0) is 20.8. The van der Waals surface area contributed by atoms with Gasteiger partial charge in [0, 0.05) is 38.9 Å². The number of nitrogens with zero attached hydrogens (tertiary/aromatic N) is 1. The van der Waals surface area contributed by atoms with Crippen molar-refractivity contribution < 1.29 is 32.7 Å². The summed E-state index contributed by atoms with van der Waals surface area (Å²) in [5.74, 6) is -1.22. The number of nitrogens with one attached hydrogen (secondary N) is 1. The Morgan fingerprint density at radius 1 is 1.25 bits per heavy atom. The van der Waals surface area contributed by atoms with Crippen LogP contribution in [0.1, 0.15) is 25.7 Å². The van der Waals surface area contributed by atoms with Crippen LogP contribution in [-0.2, 0) is 28.9 Å². The number of carbonyl (C=O) groups excluding carboxylic acids is 2. The lowest BCUT2D eigenvalue weighted by atomic mass is 9.98. The Hall–Kier alpha value is -2.17. The van der Waals surface area contributed by atoms with Crippen LogP contribution in [0.5, 0.6) is 0 Å². The largest absolute Gasteiger partial charge is 0.469 e. The van der Waals surface area contributed by atoms with Gasteiger partial charge < -0.3 is 14.4 Å². The molecule has 1 amide bonds. The second kappa shape index (κ2) is 9.35. The van der Waals surface area contributed by atoms with E-state index >= 15 is 0 Å². The van der Waals surface area contributed by atoms with Crippen molar-refractivity contribution in [1.29, 1.82) is 0 Å². The Balaban J connectivity index is 2.18. The van der Waals surface area contributed by atoms with Gasteiger partial charge in [0.05, 0.1) is 12.0 Å². The van der Waals surface area contributed by atoms with Gasteiger partial charge in [-0.3, -0.25) is 14.8 Å². The molecule has 0 spiro atoms. The lowest BCUT2D eigenvalue weighted by molar-refractivity contribution is -0.140. The van der Waals surface area contributed by atoms with Crippen molar-refractivity contribution in [1.82, 2.24) is 5.48 Å². The fourth-order valence-corrected chi connectivity index (χ4v) is 5.16. The Labute approximate surface area is 164 Å². The van der Waals surface area contributed by atoms with Crippen LogP contribution in [-0.4, -0.2) is 64.2 Å². The maximum Gasteiger partial charge on any atom is 0.305 e. The molecule has 1 aliphatic heterocycles. The summed E-state index contributed by atoms with van der Waals surface area (Å²) in [6.45, 7) is 0.830. The number of amides is 1. The molecule has 1 heterocycles. The first-order valence-corrected chi connectivity index (χ1v) is 10.4. The quantitative estimate of drug-likeness (QED) is 0.366. The van der Waals surface area contributed by atoms with E-state index in [2.05, 4.69) is 4.74 Å². The standard InChI is InChI=1S/C18H26N2O7S/c1-20(11-3-4-16(21)26-2)14-5-7-15(8-6-14)28(24,25)18(17(22)19-23)9-12-27-13-10-18/h5-8,23H,3-4,9-13H2,1-2H3,(H,19,22). The van der Waals surface area contributed by atoms with Crippen LogP contribution in [0.15, 0.2) is 29.2 Å². The van der Waals surface area contributed by atoms with Gasteiger partial charge in [0.2, 0.25) is 0 Å². The Kier molecular flexibility index (Phi) is 7.39. The summed E-state index contributed by atoms with van der Waals surface area (Å²) in [5, 5.41) is 9.07. The molecule has 0 radical (unpaired) electrons. The number of hydrogen-bond donors (Lipinski definition) is 2. The van der Waals surface area contributed by atoms with E-state index in [-0.39, 0.29) is 36.9 Å². The summed E-state index contributed by atoms with van der Waals surface area (Å²) < 4.78 is 34.4. The highest BCUT2D eigenvalue weighted by atomic mass is 32.2. The molecule has 1 aromatic carbocycles. The molecule has 1 aliphatic rings. The van der Waals surface area contributed by atoms with Crippen LogP contribution in [0.2, 0.25) is 0 Å². The molecular formula is C18H26N2O7S. The second-order valence-corrected chi connectivity index (χ2v) is 8.91. The molecule has 156 valence electrons. The molecule has 1 fully saturated rings. The molecule has 1 aromatic rings. The Bertz CT molecular complexity index is 787. The molecule has 0 unspecified atom stereocenters. The van der Waals surface area contributed by atoms with Crippen LogP contribution in [0.25, 0.3) is 0 Å². The SMILES string of the molecule is COC(=O)CCCN(C)c1ccc(S(=O)(=O)C2(C(=O)NO)CCOCC2)cc1. The van der Waals surface area contributed by atoms with Crippen molar-refractivity contribution in [2.45, 2.75) is 35.3 Å². The van der Waals surface area contributed by atoms with Gasteiger partial charge in [-0.25, -0.2) is 13.9 Å². The number of anilines is 1. The van der Waals surface area contributed by atoms with E-state index in [9.17, 15) is 18.0 Å². The van der Waals surface area contributed by atoms with Crippen molar-refractivity contribution in [2.24, 2.45) is 0 Å². The third kappa shape index (κ3) is 4.45. The minimum absolute atomic E-state index is 0.00436. The lowest BCUT2D eigenvalue weighted by Crippen LogP contribution is -2.54. The molecule has 1 saturated heterocycles. The number of esters is 1. The maximum absolute atomic E-state index is 13.2. The van der Waals surface area contributed by atoms with Gasteiger partial charge >= 0.3 is 5.97 Å². The number of carbonyl (C=O) groups is 2. The van der Waals surface area contributed by atoms with Crippen LogP contribution in [0.3, 0.4) is 0 Å².